The highest BCUT2D eigenvalue weighted by Crippen LogP contribution is 2.41. The van der Waals surface area contributed by atoms with Crippen molar-refractivity contribution in [1.29, 1.82) is 0 Å². The third kappa shape index (κ3) is 3.24. The highest BCUT2D eigenvalue weighted by Gasteiger charge is 2.34. The highest BCUT2D eigenvalue weighted by atomic mass is 35.5. The van der Waals surface area contributed by atoms with Gasteiger partial charge < -0.3 is 10.6 Å². The number of hydrogen-bond donors (Lipinski definition) is 1. The number of likely N-dealkylation sites (tertiary alicyclic amines) is 1. The minimum absolute atomic E-state index is 0. The third-order valence-electron chi connectivity index (χ3n) is 4.10. The van der Waals surface area contributed by atoms with Crippen LogP contribution in [0.2, 0.25) is 0 Å². The smallest absolute Gasteiger partial charge is 0.274 e. The van der Waals surface area contributed by atoms with Crippen LogP contribution in [0.15, 0.2) is 6.07 Å². The molecule has 0 spiro atoms. The van der Waals surface area contributed by atoms with Crippen LogP contribution >= 0.6 is 12.4 Å². The molecule has 1 aliphatic carbocycles. The van der Waals surface area contributed by atoms with Gasteiger partial charge in [-0.3, -0.25) is 9.48 Å². The van der Waals surface area contributed by atoms with Crippen LogP contribution in [0.25, 0.3) is 0 Å². The molecule has 5 nitrogen and oxygen atoms in total. The minimum Gasteiger partial charge on any atom is -0.336 e. The molecule has 118 valence electrons. The van der Waals surface area contributed by atoms with Gasteiger partial charge in [0.15, 0.2) is 5.69 Å². The maximum atomic E-state index is 12.5. The summed E-state index contributed by atoms with van der Waals surface area (Å²) in [6.45, 7) is 7.80. The number of amides is 1. The van der Waals surface area contributed by atoms with Crippen molar-refractivity contribution in [3.63, 3.8) is 0 Å². The van der Waals surface area contributed by atoms with E-state index in [1.54, 1.807) is 0 Å². The monoisotopic (exact) mass is 312 g/mol. The van der Waals surface area contributed by atoms with Crippen LogP contribution in [-0.4, -0.2) is 39.7 Å². The second-order valence-corrected chi connectivity index (χ2v) is 7.11. The molecule has 2 heterocycles. The molecule has 1 aromatic rings. The SMILES string of the molecule is CC(C)(C)n1nc(C(=O)N2CCC(N)C2)cc1C1CC1.Cl. The number of nitrogens with zero attached hydrogens (tertiary/aromatic N) is 3. The predicted octanol–water partition coefficient (Wildman–Crippen LogP) is 2.11. The first-order valence-electron chi connectivity index (χ1n) is 7.51. The lowest BCUT2D eigenvalue weighted by atomic mass is 10.1. The van der Waals surface area contributed by atoms with Crippen LogP contribution in [0.3, 0.4) is 0 Å². The van der Waals surface area contributed by atoms with Gasteiger partial charge in [0, 0.05) is 30.7 Å². The van der Waals surface area contributed by atoms with E-state index in [9.17, 15) is 4.79 Å². The zero-order valence-corrected chi connectivity index (χ0v) is 13.8. The molecule has 1 saturated carbocycles. The summed E-state index contributed by atoms with van der Waals surface area (Å²) in [5.41, 5.74) is 7.59. The largest absolute Gasteiger partial charge is 0.336 e. The van der Waals surface area contributed by atoms with Gasteiger partial charge in [-0.15, -0.1) is 12.4 Å². The van der Waals surface area contributed by atoms with E-state index in [-0.39, 0.29) is 29.9 Å². The topological polar surface area (TPSA) is 64.2 Å². The zero-order valence-electron chi connectivity index (χ0n) is 13.0. The van der Waals surface area contributed by atoms with E-state index in [4.69, 9.17) is 5.73 Å². The molecular weight excluding hydrogens is 288 g/mol. The molecule has 0 aromatic carbocycles. The first kappa shape index (κ1) is 16.3. The Morgan fingerprint density at radius 1 is 1.33 bits per heavy atom. The third-order valence-corrected chi connectivity index (χ3v) is 4.10. The Hall–Kier alpha value is -1.07. The van der Waals surface area contributed by atoms with Crippen molar-refractivity contribution < 1.29 is 4.79 Å². The van der Waals surface area contributed by atoms with Gasteiger partial charge in [-0.1, -0.05) is 0 Å². The quantitative estimate of drug-likeness (QED) is 0.909. The lowest BCUT2D eigenvalue weighted by Crippen LogP contribution is -2.32. The molecule has 2 N–H and O–H groups in total. The summed E-state index contributed by atoms with van der Waals surface area (Å²) in [4.78, 5) is 14.4. The number of hydrogen-bond acceptors (Lipinski definition) is 3. The lowest BCUT2D eigenvalue weighted by molar-refractivity contribution is 0.0783. The molecule has 1 amide bonds. The number of carbonyl (C=O) groups excluding carboxylic acids is 1. The summed E-state index contributed by atoms with van der Waals surface area (Å²) in [5.74, 6) is 0.618. The van der Waals surface area contributed by atoms with Gasteiger partial charge in [0.2, 0.25) is 0 Å². The number of carbonyl (C=O) groups is 1. The molecule has 21 heavy (non-hydrogen) atoms. The maximum absolute atomic E-state index is 12.5. The second-order valence-electron chi connectivity index (χ2n) is 7.11. The predicted molar refractivity (Wildman–Crippen MR) is 84.9 cm³/mol. The summed E-state index contributed by atoms with van der Waals surface area (Å²) in [5, 5.41) is 4.60. The molecule has 0 bridgehead atoms. The summed E-state index contributed by atoms with van der Waals surface area (Å²) in [6, 6.07) is 2.11. The van der Waals surface area contributed by atoms with Gasteiger partial charge in [-0.05, 0) is 46.1 Å². The van der Waals surface area contributed by atoms with Crippen LogP contribution in [-0.2, 0) is 5.54 Å². The van der Waals surface area contributed by atoms with Crippen molar-refractivity contribution in [2.75, 3.05) is 13.1 Å². The summed E-state index contributed by atoms with van der Waals surface area (Å²) in [7, 11) is 0. The van der Waals surface area contributed by atoms with E-state index in [2.05, 4.69) is 25.9 Å². The van der Waals surface area contributed by atoms with Crippen LogP contribution in [0.4, 0.5) is 0 Å². The molecule has 6 heteroatoms. The molecule has 3 rings (SSSR count). The van der Waals surface area contributed by atoms with Crippen molar-refractivity contribution in [2.45, 2.75) is 57.5 Å². The molecule has 1 saturated heterocycles. The van der Waals surface area contributed by atoms with E-state index in [1.807, 2.05) is 15.6 Å². The molecule has 0 radical (unpaired) electrons. The van der Waals surface area contributed by atoms with Gasteiger partial charge in [0.1, 0.15) is 0 Å². The van der Waals surface area contributed by atoms with E-state index < -0.39 is 0 Å². The lowest BCUT2D eigenvalue weighted by Gasteiger charge is -2.22. The Morgan fingerprint density at radius 2 is 2.00 bits per heavy atom. The normalized spacial score (nSPS) is 22.3. The fraction of sp³-hybridized carbons (Fsp3) is 0.733. The van der Waals surface area contributed by atoms with Gasteiger partial charge in [-0.25, -0.2) is 0 Å². The van der Waals surface area contributed by atoms with Crippen molar-refractivity contribution in [2.24, 2.45) is 5.73 Å². The number of aromatic nitrogens is 2. The molecular formula is C15H25ClN4O. The summed E-state index contributed by atoms with van der Waals surface area (Å²) in [6.07, 6.45) is 3.31. The van der Waals surface area contributed by atoms with Gasteiger partial charge in [0.05, 0.1) is 5.54 Å². The Morgan fingerprint density at radius 3 is 2.48 bits per heavy atom. The number of nitrogens with two attached hydrogens (primary N) is 1. The number of halogens is 1. The van der Waals surface area contributed by atoms with Gasteiger partial charge in [-0.2, -0.15) is 5.10 Å². The van der Waals surface area contributed by atoms with E-state index in [1.165, 1.54) is 18.5 Å². The molecule has 1 unspecified atom stereocenters. The zero-order chi connectivity index (χ0) is 14.5. The Balaban J connectivity index is 0.00000161. The highest BCUT2D eigenvalue weighted by molar-refractivity contribution is 5.92. The van der Waals surface area contributed by atoms with Crippen molar-refractivity contribution >= 4 is 18.3 Å². The molecule has 2 fully saturated rings. The summed E-state index contributed by atoms with van der Waals surface area (Å²) < 4.78 is 2.04. The van der Waals surface area contributed by atoms with Crippen molar-refractivity contribution in [3.8, 4) is 0 Å². The van der Waals surface area contributed by atoms with E-state index in [0.717, 1.165) is 13.0 Å². The van der Waals surface area contributed by atoms with Crippen LogP contribution in [0.5, 0.6) is 0 Å². The first-order chi connectivity index (χ1) is 9.36. The van der Waals surface area contributed by atoms with Gasteiger partial charge in [0.25, 0.3) is 5.91 Å². The first-order valence-corrected chi connectivity index (χ1v) is 7.51. The van der Waals surface area contributed by atoms with Gasteiger partial charge >= 0.3 is 0 Å². The molecule has 1 aromatic heterocycles. The van der Waals surface area contributed by atoms with Crippen molar-refractivity contribution in [3.05, 3.63) is 17.5 Å². The fourth-order valence-electron chi connectivity index (χ4n) is 2.84. The molecule has 1 aliphatic heterocycles. The molecule has 1 atom stereocenters. The van der Waals surface area contributed by atoms with E-state index >= 15 is 0 Å². The Bertz CT molecular complexity index is 530. The Kier molecular flexibility index (Phi) is 4.36. The Labute approximate surface area is 132 Å². The summed E-state index contributed by atoms with van der Waals surface area (Å²) >= 11 is 0. The average Bonchev–Trinajstić information content (AvgIpc) is 2.95. The second kappa shape index (κ2) is 5.61. The van der Waals surface area contributed by atoms with Crippen LogP contribution in [0.1, 0.15) is 62.1 Å². The minimum atomic E-state index is -0.0855. The standard InChI is InChI=1S/C15H24N4O.ClH/c1-15(2,3)19-13(10-4-5-10)8-12(17-19)14(20)18-7-6-11(16)9-18;/h8,10-11H,4-7,9,16H2,1-3H3;1H. The fourth-order valence-corrected chi connectivity index (χ4v) is 2.84. The maximum Gasteiger partial charge on any atom is 0.274 e. The number of rotatable bonds is 2. The van der Waals surface area contributed by atoms with Crippen LogP contribution < -0.4 is 5.73 Å². The van der Waals surface area contributed by atoms with E-state index in [0.29, 0.717) is 18.2 Å². The van der Waals surface area contributed by atoms with Crippen LogP contribution in [0, 0.1) is 0 Å². The molecule has 2 aliphatic rings. The average molecular weight is 313 g/mol. The van der Waals surface area contributed by atoms with Crippen molar-refractivity contribution in [1.82, 2.24) is 14.7 Å².